The van der Waals surface area contributed by atoms with Crippen LogP contribution in [0.2, 0.25) is 0 Å². The molecule has 0 bridgehead atoms. The van der Waals surface area contributed by atoms with Crippen LogP contribution in [0, 0.1) is 6.92 Å². The predicted molar refractivity (Wildman–Crippen MR) is 97.8 cm³/mol. The summed E-state index contributed by atoms with van der Waals surface area (Å²) in [5, 5.41) is 0. The maximum absolute atomic E-state index is 12.5. The highest BCUT2D eigenvalue weighted by atomic mass is 79.9. The fourth-order valence-corrected chi connectivity index (χ4v) is 3.21. The molecular formula is C19H21BrN2O. The second kappa shape index (κ2) is 7.18. The van der Waals surface area contributed by atoms with Crippen molar-refractivity contribution in [2.24, 2.45) is 0 Å². The zero-order chi connectivity index (χ0) is 16.2. The fourth-order valence-electron chi connectivity index (χ4n) is 2.95. The molecule has 1 fully saturated rings. The number of hydrogen-bond donors (Lipinski definition) is 0. The van der Waals surface area contributed by atoms with Gasteiger partial charge in [-0.2, -0.15) is 0 Å². The largest absolute Gasteiger partial charge is 0.368 e. The lowest BCUT2D eigenvalue weighted by atomic mass is 10.1. The molecule has 0 saturated carbocycles. The number of piperazine rings is 1. The lowest BCUT2D eigenvalue weighted by Crippen LogP contribution is -2.49. The first-order valence-electron chi connectivity index (χ1n) is 7.96. The lowest BCUT2D eigenvalue weighted by molar-refractivity contribution is -0.130. The van der Waals surface area contributed by atoms with Crippen LogP contribution in [0.3, 0.4) is 0 Å². The summed E-state index contributed by atoms with van der Waals surface area (Å²) in [5.74, 6) is 0.231. The van der Waals surface area contributed by atoms with Crippen molar-refractivity contribution in [2.75, 3.05) is 31.1 Å². The lowest BCUT2D eigenvalue weighted by Gasteiger charge is -2.36. The molecule has 1 heterocycles. The van der Waals surface area contributed by atoms with Crippen molar-refractivity contribution < 1.29 is 4.79 Å². The van der Waals surface area contributed by atoms with Crippen molar-refractivity contribution in [2.45, 2.75) is 13.3 Å². The monoisotopic (exact) mass is 372 g/mol. The minimum absolute atomic E-state index is 0.231. The van der Waals surface area contributed by atoms with Gasteiger partial charge >= 0.3 is 0 Å². The first kappa shape index (κ1) is 16.1. The molecule has 1 saturated heterocycles. The number of anilines is 1. The average Bonchev–Trinajstić information content (AvgIpc) is 2.58. The highest BCUT2D eigenvalue weighted by Crippen LogP contribution is 2.20. The molecule has 2 aromatic rings. The van der Waals surface area contributed by atoms with Crippen molar-refractivity contribution in [3.63, 3.8) is 0 Å². The summed E-state index contributed by atoms with van der Waals surface area (Å²) < 4.78 is 1.09. The van der Waals surface area contributed by atoms with Crippen LogP contribution in [0.1, 0.15) is 11.1 Å². The van der Waals surface area contributed by atoms with E-state index in [9.17, 15) is 4.79 Å². The Morgan fingerprint density at radius 1 is 1.00 bits per heavy atom. The van der Waals surface area contributed by atoms with E-state index in [4.69, 9.17) is 0 Å². The molecule has 0 spiro atoms. The summed E-state index contributed by atoms with van der Waals surface area (Å²) in [7, 11) is 0. The van der Waals surface area contributed by atoms with Gasteiger partial charge in [-0.25, -0.2) is 0 Å². The standard InChI is InChI=1S/C19H21BrN2O/c1-15-4-2-3-5-16(15)14-19(23)22-12-10-21(11-13-22)18-8-6-17(20)7-9-18/h2-9H,10-14H2,1H3. The maximum Gasteiger partial charge on any atom is 0.227 e. The molecule has 0 radical (unpaired) electrons. The molecule has 4 heteroatoms. The molecular weight excluding hydrogens is 352 g/mol. The molecule has 1 aliphatic rings. The Morgan fingerprint density at radius 3 is 2.30 bits per heavy atom. The van der Waals surface area contributed by atoms with E-state index in [1.54, 1.807) is 0 Å². The third kappa shape index (κ3) is 3.94. The molecule has 1 aliphatic heterocycles. The highest BCUT2D eigenvalue weighted by Gasteiger charge is 2.21. The Kier molecular flexibility index (Phi) is 5.01. The molecule has 120 valence electrons. The first-order valence-corrected chi connectivity index (χ1v) is 8.75. The molecule has 23 heavy (non-hydrogen) atoms. The number of rotatable bonds is 3. The average molecular weight is 373 g/mol. The van der Waals surface area contributed by atoms with Crippen molar-refractivity contribution in [3.05, 3.63) is 64.1 Å². The highest BCUT2D eigenvalue weighted by molar-refractivity contribution is 9.10. The van der Waals surface area contributed by atoms with E-state index in [2.05, 4.69) is 58.1 Å². The summed E-state index contributed by atoms with van der Waals surface area (Å²) in [4.78, 5) is 16.8. The topological polar surface area (TPSA) is 23.6 Å². The first-order chi connectivity index (χ1) is 11.1. The van der Waals surface area contributed by atoms with Crippen LogP contribution in [-0.4, -0.2) is 37.0 Å². The van der Waals surface area contributed by atoms with Crippen LogP contribution < -0.4 is 4.90 Å². The van der Waals surface area contributed by atoms with E-state index in [1.807, 2.05) is 23.1 Å². The van der Waals surface area contributed by atoms with Crippen molar-refractivity contribution in [1.29, 1.82) is 0 Å². The van der Waals surface area contributed by atoms with Crippen molar-refractivity contribution in [1.82, 2.24) is 4.90 Å². The van der Waals surface area contributed by atoms with E-state index in [0.29, 0.717) is 6.42 Å². The van der Waals surface area contributed by atoms with Crippen molar-refractivity contribution in [3.8, 4) is 0 Å². The number of benzene rings is 2. The Morgan fingerprint density at radius 2 is 1.65 bits per heavy atom. The Bertz CT molecular complexity index is 676. The van der Waals surface area contributed by atoms with Crippen LogP contribution in [0.5, 0.6) is 0 Å². The van der Waals surface area contributed by atoms with Gasteiger partial charge in [0, 0.05) is 36.3 Å². The summed E-state index contributed by atoms with van der Waals surface area (Å²) in [6.07, 6.45) is 0.505. The minimum atomic E-state index is 0.231. The van der Waals surface area contributed by atoms with Crippen LogP contribution in [0.25, 0.3) is 0 Å². The molecule has 3 nitrogen and oxygen atoms in total. The van der Waals surface area contributed by atoms with Gasteiger partial charge in [0.1, 0.15) is 0 Å². The number of halogens is 1. The van der Waals surface area contributed by atoms with E-state index >= 15 is 0 Å². The third-order valence-corrected chi connectivity index (χ3v) is 4.96. The van der Waals surface area contributed by atoms with Crippen LogP contribution in [0.4, 0.5) is 5.69 Å². The molecule has 3 rings (SSSR count). The molecule has 0 atom stereocenters. The number of nitrogens with zero attached hydrogens (tertiary/aromatic N) is 2. The predicted octanol–water partition coefficient (Wildman–Crippen LogP) is 3.65. The molecule has 0 N–H and O–H groups in total. The van der Waals surface area contributed by atoms with Crippen LogP contribution >= 0.6 is 15.9 Å². The van der Waals surface area contributed by atoms with Gasteiger partial charge in [0.2, 0.25) is 5.91 Å². The van der Waals surface area contributed by atoms with E-state index in [-0.39, 0.29) is 5.91 Å². The second-order valence-corrected chi connectivity index (χ2v) is 6.86. The Labute approximate surface area is 146 Å². The Hall–Kier alpha value is -1.81. The van der Waals surface area contributed by atoms with E-state index in [0.717, 1.165) is 36.2 Å². The van der Waals surface area contributed by atoms with E-state index < -0.39 is 0 Å². The zero-order valence-electron chi connectivity index (χ0n) is 13.3. The van der Waals surface area contributed by atoms with Crippen molar-refractivity contribution >= 4 is 27.5 Å². The number of carbonyl (C=O) groups is 1. The summed E-state index contributed by atoms with van der Waals surface area (Å²) in [6.45, 7) is 5.43. The van der Waals surface area contributed by atoms with Gasteiger partial charge in [-0.3, -0.25) is 4.79 Å². The van der Waals surface area contributed by atoms with Gasteiger partial charge in [0.25, 0.3) is 0 Å². The summed E-state index contributed by atoms with van der Waals surface area (Å²) in [6, 6.07) is 16.5. The smallest absolute Gasteiger partial charge is 0.227 e. The van der Waals surface area contributed by atoms with Crippen LogP contribution in [-0.2, 0) is 11.2 Å². The van der Waals surface area contributed by atoms with Gasteiger partial charge in [-0.15, -0.1) is 0 Å². The molecule has 0 unspecified atom stereocenters. The SMILES string of the molecule is Cc1ccccc1CC(=O)N1CCN(c2ccc(Br)cc2)CC1. The van der Waals surface area contributed by atoms with Crippen LogP contribution in [0.15, 0.2) is 53.0 Å². The Balaban J connectivity index is 1.57. The van der Waals surface area contributed by atoms with Gasteiger partial charge in [0.05, 0.1) is 6.42 Å². The number of amides is 1. The normalized spacial score (nSPS) is 14.9. The molecule has 0 aliphatic carbocycles. The van der Waals surface area contributed by atoms with Gasteiger partial charge in [-0.05, 0) is 42.3 Å². The second-order valence-electron chi connectivity index (χ2n) is 5.95. The number of hydrogen-bond acceptors (Lipinski definition) is 2. The van der Waals surface area contributed by atoms with Gasteiger partial charge in [0.15, 0.2) is 0 Å². The number of carbonyl (C=O) groups excluding carboxylic acids is 1. The molecule has 2 aromatic carbocycles. The molecule has 1 amide bonds. The zero-order valence-corrected chi connectivity index (χ0v) is 14.9. The summed E-state index contributed by atoms with van der Waals surface area (Å²) >= 11 is 3.46. The fraction of sp³-hybridized carbons (Fsp3) is 0.316. The third-order valence-electron chi connectivity index (χ3n) is 4.43. The molecule has 0 aromatic heterocycles. The quantitative estimate of drug-likeness (QED) is 0.820. The van der Waals surface area contributed by atoms with Gasteiger partial charge < -0.3 is 9.80 Å². The van der Waals surface area contributed by atoms with E-state index in [1.165, 1.54) is 11.3 Å². The number of aryl methyl sites for hydroxylation is 1. The minimum Gasteiger partial charge on any atom is -0.368 e. The maximum atomic E-state index is 12.5. The summed E-state index contributed by atoms with van der Waals surface area (Å²) in [5.41, 5.74) is 3.54. The van der Waals surface area contributed by atoms with Gasteiger partial charge in [-0.1, -0.05) is 40.2 Å².